The van der Waals surface area contributed by atoms with Gasteiger partial charge in [-0.1, -0.05) is 23.4 Å². The summed E-state index contributed by atoms with van der Waals surface area (Å²) < 4.78 is 0. The molecule has 7 nitrogen and oxygen atoms in total. The van der Waals surface area contributed by atoms with E-state index in [9.17, 15) is 9.59 Å². The van der Waals surface area contributed by atoms with E-state index in [-0.39, 0.29) is 17.9 Å². The van der Waals surface area contributed by atoms with Gasteiger partial charge in [-0.2, -0.15) is 0 Å². The first-order valence-corrected chi connectivity index (χ1v) is 11.3. The molecule has 0 spiro atoms. The van der Waals surface area contributed by atoms with Gasteiger partial charge in [0.15, 0.2) is 5.16 Å². The summed E-state index contributed by atoms with van der Waals surface area (Å²) in [6, 6.07) is 1.89. The molecule has 0 bridgehead atoms. The lowest BCUT2D eigenvalue weighted by Gasteiger charge is -2.40. The molecule has 154 valence electrons. The largest absolute Gasteiger partial charge is 0.353 e. The van der Waals surface area contributed by atoms with Crippen molar-refractivity contribution < 1.29 is 9.59 Å². The van der Waals surface area contributed by atoms with Gasteiger partial charge in [0.1, 0.15) is 11.0 Å². The zero-order valence-corrected chi connectivity index (χ0v) is 18.3. The van der Waals surface area contributed by atoms with Gasteiger partial charge in [-0.3, -0.25) is 9.59 Å². The Morgan fingerprint density at radius 2 is 1.96 bits per heavy atom. The molecule has 0 unspecified atom stereocenters. The molecule has 9 heteroatoms. The molecule has 1 saturated heterocycles. The van der Waals surface area contributed by atoms with E-state index in [2.05, 4.69) is 21.8 Å². The number of thioether (sulfide) groups is 1. The third-order valence-electron chi connectivity index (χ3n) is 5.26. The number of amides is 2. The molecule has 2 amide bonds. The fraction of sp³-hybridized carbons (Fsp3) is 0.684. The molecule has 3 rings (SSSR count). The highest BCUT2D eigenvalue weighted by atomic mass is 35.5. The minimum absolute atomic E-state index is 0.0703. The number of nitrogens with zero attached hydrogens (tertiary/aromatic N) is 5. The Kier molecular flexibility index (Phi) is 7.04. The molecule has 1 aromatic heterocycles. The first-order valence-electron chi connectivity index (χ1n) is 9.93. The van der Waals surface area contributed by atoms with E-state index in [1.165, 1.54) is 11.8 Å². The van der Waals surface area contributed by atoms with Crippen LogP contribution in [-0.2, 0) is 9.59 Å². The van der Waals surface area contributed by atoms with Crippen molar-refractivity contribution >= 4 is 41.0 Å². The molecule has 1 aliphatic carbocycles. The van der Waals surface area contributed by atoms with Crippen molar-refractivity contribution in [3.05, 3.63) is 11.2 Å². The average molecular weight is 426 g/mol. The highest BCUT2D eigenvalue weighted by Crippen LogP contribution is 2.32. The minimum Gasteiger partial charge on any atom is -0.353 e. The number of hydrogen-bond donors (Lipinski definition) is 0. The number of hydrogen-bond acceptors (Lipinski definition) is 6. The van der Waals surface area contributed by atoms with E-state index >= 15 is 0 Å². The molecule has 2 aliphatic rings. The third kappa shape index (κ3) is 5.08. The number of carbonyl (C=O) groups excluding carboxylic acids is 2. The quantitative estimate of drug-likeness (QED) is 0.380. The Labute approximate surface area is 175 Å². The second-order valence-electron chi connectivity index (χ2n) is 7.29. The van der Waals surface area contributed by atoms with Gasteiger partial charge >= 0.3 is 0 Å². The lowest BCUT2D eigenvalue weighted by molar-refractivity contribution is -0.135. The fourth-order valence-corrected chi connectivity index (χ4v) is 4.45. The number of aromatic nitrogens is 2. The topological polar surface area (TPSA) is 69.6 Å². The fourth-order valence-electron chi connectivity index (χ4n) is 3.46. The van der Waals surface area contributed by atoms with E-state index < -0.39 is 0 Å². The lowest BCUT2D eigenvalue weighted by Crippen LogP contribution is -2.54. The van der Waals surface area contributed by atoms with E-state index in [4.69, 9.17) is 11.6 Å². The van der Waals surface area contributed by atoms with Crippen molar-refractivity contribution in [2.24, 2.45) is 5.92 Å². The second-order valence-corrected chi connectivity index (χ2v) is 8.62. The zero-order chi connectivity index (χ0) is 20.3. The van der Waals surface area contributed by atoms with Gasteiger partial charge in [0, 0.05) is 50.7 Å². The van der Waals surface area contributed by atoms with E-state index in [1.54, 1.807) is 11.0 Å². The van der Waals surface area contributed by atoms with Crippen LogP contribution in [0.3, 0.4) is 0 Å². The van der Waals surface area contributed by atoms with Crippen LogP contribution >= 0.6 is 23.4 Å². The summed E-state index contributed by atoms with van der Waals surface area (Å²) in [5.41, 5.74) is 0. The number of carbonyl (C=O) groups is 2. The number of piperazine rings is 1. The molecule has 28 heavy (non-hydrogen) atoms. The van der Waals surface area contributed by atoms with Crippen LogP contribution in [0.2, 0.25) is 5.15 Å². The van der Waals surface area contributed by atoms with Crippen LogP contribution in [0.5, 0.6) is 0 Å². The summed E-state index contributed by atoms with van der Waals surface area (Å²) in [5, 5.41) is 0.874. The molecular formula is C19H28ClN5O2S. The van der Waals surface area contributed by atoms with Gasteiger partial charge < -0.3 is 14.7 Å². The van der Waals surface area contributed by atoms with Crippen molar-refractivity contribution in [3.8, 4) is 0 Å². The summed E-state index contributed by atoms with van der Waals surface area (Å²) in [7, 11) is 0. The Hall–Kier alpha value is -1.54. The second kappa shape index (κ2) is 9.31. The van der Waals surface area contributed by atoms with Gasteiger partial charge in [0.05, 0.1) is 5.75 Å². The maximum Gasteiger partial charge on any atom is 0.233 e. The first kappa shape index (κ1) is 21.2. The average Bonchev–Trinajstić information content (AvgIpc) is 3.51. The van der Waals surface area contributed by atoms with Crippen LogP contribution in [0.15, 0.2) is 11.2 Å². The Bertz CT molecular complexity index is 726. The summed E-state index contributed by atoms with van der Waals surface area (Å²) in [5.74, 6) is 1.65. The zero-order valence-electron chi connectivity index (χ0n) is 16.7. The smallest absolute Gasteiger partial charge is 0.233 e. The summed E-state index contributed by atoms with van der Waals surface area (Å²) in [4.78, 5) is 39.4. The van der Waals surface area contributed by atoms with Gasteiger partial charge in [-0.25, -0.2) is 9.97 Å². The van der Waals surface area contributed by atoms with Crippen molar-refractivity contribution in [1.29, 1.82) is 0 Å². The van der Waals surface area contributed by atoms with E-state index in [0.717, 1.165) is 25.2 Å². The first-order chi connectivity index (χ1) is 13.4. The maximum atomic E-state index is 12.4. The molecule has 2 fully saturated rings. The third-order valence-corrected chi connectivity index (χ3v) is 6.29. The van der Waals surface area contributed by atoms with Crippen LogP contribution < -0.4 is 4.90 Å². The summed E-state index contributed by atoms with van der Waals surface area (Å²) in [6.07, 6.45) is 2.06. The predicted octanol–water partition coefficient (Wildman–Crippen LogP) is 2.54. The SMILES string of the molecule is CCN(CC)C(=O)CSc1nc(Cl)cc(N2CCN(C(=O)C3CC3)[C@@H](C)C2)n1. The van der Waals surface area contributed by atoms with Gasteiger partial charge in [-0.15, -0.1) is 0 Å². The molecular weight excluding hydrogens is 398 g/mol. The van der Waals surface area contributed by atoms with Crippen LogP contribution in [0.4, 0.5) is 5.82 Å². The maximum absolute atomic E-state index is 12.4. The minimum atomic E-state index is 0.0703. The monoisotopic (exact) mass is 425 g/mol. The van der Waals surface area contributed by atoms with Gasteiger partial charge in [0.25, 0.3) is 0 Å². The van der Waals surface area contributed by atoms with Gasteiger partial charge in [-0.05, 0) is 33.6 Å². The normalized spacial score (nSPS) is 19.6. The molecule has 0 radical (unpaired) electrons. The van der Waals surface area contributed by atoms with E-state index in [0.29, 0.717) is 48.1 Å². The van der Waals surface area contributed by atoms with Crippen LogP contribution in [-0.4, -0.2) is 76.1 Å². The Morgan fingerprint density at radius 3 is 2.57 bits per heavy atom. The summed E-state index contributed by atoms with van der Waals surface area (Å²) in [6.45, 7) is 9.53. The van der Waals surface area contributed by atoms with Crippen molar-refractivity contribution in [3.63, 3.8) is 0 Å². The van der Waals surface area contributed by atoms with Crippen LogP contribution in [0.1, 0.15) is 33.6 Å². The Morgan fingerprint density at radius 1 is 1.25 bits per heavy atom. The van der Waals surface area contributed by atoms with Crippen molar-refractivity contribution in [2.45, 2.75) is 44.8 Å². The van der Waals surface area contributed by atoms with Crippen LogP contribution in [0, 0.1) is 5.92 Å². The van der Waals surface area contributed by atoms with Crippen molar-refractivity contribution in [2.75, 3.05) is 43.4 Å². The van der Waals surface area contributed by atoms with E-state index in [1.807, 2.05) is 18.7 Å². The number of anilines is 1. The molecule has 1 atom stereocenters. The van der Waals surface area contributed by atoms with Crippen molar-refractivity contribution in [1.82, 2.24) is 19.8 Å². The Balaban J connectivity index is 1.63. The predicted molar refractivity (Wildman–Crippen MR) is 112 cm³/mol. The highest BCUT2D eigenvalue weighted by molar-refractivity contribution is 7.99. The molecule has 1 aliphatic heterocycles. The highest BCUT2D eigenvalue weighted by Gasteiger charge is 2.37. The molecule has 0 aromatic carbocycles. The standard InChI is InChI=1S/C19H28ClN5O2S/c1-4-23(5-2)17(26)12-28-19-21-15(20)10-16(22-19)24-8-9-25(13(3)11-24)18(27)14-6-7-14/h10,13-14H,4-9,11-12H2,1-3H3/t13-/m0/s1. The van der Waals surface area contributed by atoms with Gasteiger partial charge in [0.2, 0.25) is 11.8 Å². The molecule has 1 aromatic rings. The number of halogens is 1. The molecule has 2 heterocycles. The molecule has 0 N–H and O–H groups in total. The van der Waals surface area contributed by atoms with Crippen LogP contribution in [0.25, 0.3) is 0 Å². The summed E-state index contributed by atoms with van der Waals surface area (Å²) >= 11 is 7.53. The molecule has 1 saturated carbocycles. The number of rotatable bonds is 7. The lowest BCUT2D eigenvalue weighted by atomic mass is 10.1.